The Morgan fingerprint density at radius 2 is 1.84 bits per heavy atom. The monoisotopic (exact) mass is 508 g/mol. The summed E-state index contributed by atoms with van der Waals surface area (Å²) in [5, 5.41) is 7.77. The lowest BCUT2D eigenvalue weighted by Gasteiger charge is -2.50. The normalized spacial score (nSPS) is 26.4. The van der Waals surface area contributed by atoms with Gasteiger partial charge in [0.05, 0.1) is 5.92 Å². The highest BCUT2D eigenvalue weighted by Crippen LogP contribution is 2.37. The van der Waals surface area contributed by atoms with Gasteiger partial charge in [-0.15, -0.1) is 0 Å². The number of fused-ring (bicyclic) bond motifs is 3. The lowest BCUT2D eigenvalue weighted by Crippen LogP contribution is -2.67. The number of nitrogens with one attached hydrogen (secondary N) is 2. The number of carbonyl (C=O) groups is 2. The van der Waals surface area contributed by atoms with Crippen LogP contribution in [0.1, 0.15) is 70.3 Å². The van der Waals surface area contributed by atoms with E-state index in [4.69, 9.17) is 0 Å². The van der Waals surface area contributed by atoms with E-state index in [0.717, 1.165) is 63.4 Å². The molecule has 1 aromatic carbocycles. The number of amides is 2. The molecule has 3 heterocycles. The lowest BCUT2D eigenvalue weighted by atomic mass is 9.80. The van der Waals surface area contributed by atoms with E-state index in [2.05, 4.69) is 44.7 Å². The summed E-state index contributed by atoms with van der Waals surface area (Å²) >= 11 is 0. The Hall–Kier alpha value is -2.61. The first-order chi connectivity index (χ1) is 18.1. The molecule has 0 bridgehead atoms. The number of rotatable bonds is 10. The van der Waals surface area contributed by atoms with Gasteiger partial charge in [0, 0.05) is 32.0 Å². The van der Waals surface area contributed by atoms with Crippen molar-refractivity contribution in [1.29, 1.82) is 0 Å². The van der Waals surface area contributed by atoms with Gasteiger partial charge in [-0.1, -0.05) is 50.1 Å². The summed E-state index contributed by atoms with van der Waals surface area (Å²) in [4.78, 5) is 33.0. The smallest absolute Gasteiger partial charge is 0.230 e. The van der Waals surface area contributed by atoms with E-state index in [0.29, 0.717) is 19.4 Å². The van der Waals surface area contributed by atoms with Gasteiger partial charge < -0.3 is 20.0 Å². The Kier molecular flexibility index (Phi) is 8.64. The van der Waals surface area contributed by atoms with Crippen molar-refractivity contribution in [2.75, 3.05) is 32.7 Å². The number of piperidine rings is 1. The molecule has 8 heteroatoms. The Labute approximate surface area is 221 Å². The fraction of sp³-hybridized carbons (Fsp3) is 0.690. The van der Waals surface area contributed by atoms with Crippen molar-refractivity contribution in [3.05, 3.63) is 35.9 Å². The first-order valence-corrected chi connectivity index (χ1v) is 14.5. The van der Waals surface area contributed by atoms with Crippen LogP contribution in [0.15, 0.2) is 35.4 Å². The van der Waals surface area contributed by atoms with E-state index in [1.54, 1.807) is 0 Å². The van der Waals surface area contributed by atoms with E-state index in [-0.39, 0.29) is 30.1 Å². The summed E-state index contributed by atoms with van der Waals surface area (Å²) in [5.74, 6) is 2.15. The molecule has 1 aromatic rings. The van der Waals surface area contributed by atoms with Crippen molar-refractivity contribution in [3.8, 4) is 0 Å². The molecular formula is C29H44N6O2. The Morgan fingerprint density at radius 1 is 1.05 bits per heavy atom. The lowest BCUT2D eigenvalue weighted by molar-refractivity contribution is -0.155. The first-order valence-electron chi connectivity index (χ1n) is 14.5. The zero-order valence-corrected chi connectivity index (χ0v) is 22.4. The van der Waals surface area contributed by atoms with Crippen LogP contribution < -0.4 is 10.7 Å². The molecule has 5 rings (SSSR count). The summed E-state index contributed by atoms with van der Waals surface area (Å²) in [6, 6.07) is 10.5. The van der Waals surface area contributed by atoms with Gasteiger partial charge in [0.2, 0.25) is 11.8 Å². The van der Waals surface area contributed by atoms with Gasteiger partial charge in [-0.3, -0.25) is 15.0 Å². The molecule has 3 atom stereocenters. The number of amidine groups is 1. The maximum atomic E-state index is 13.5. The summed E-state index contributed by atoms with van der Waals surface area (Å²) in [5.41, 5.74) is 4.49. The highest BCUT2D eigenvalue weighted by molar-refractivity contribution is 5.91. The van der Waals surface area contributed by atoms with Gasteiger partial charge >= 0.3 is 0 Å². The van der Waals surface area contributed by atoms with Crippen LogP contribution in [0.3, 0.4) is 0 Å². The van der Waals surface area contributed by atoms with Gasteiger partial charge in [-0.25, -0.2) is 0 Å². The van der Waals surface area contributed by atoms with E-state index in [9.17, 15) is 9.59 Å². The zero-order valence-electron chi connectivity index (χ0n) is 22.4. The van der Waals surface area contributed by atoms with Crippen LogP contribution in [-0.2, 0) is 16.0 Å². The van der Waals surface area contributed by atoms with Gasteiger partial charge in [0.1, 0.15) is 5.84 Å². The highest BCUT2D eigenvalue weighted by atomic mass is 16.2. The highest BCUT2D eigenvalue weighted by Gasteiger charge is 2.50. The minimum Gasteiger partial charge on any atom is -0.356 e. The summed E-state index contributed by atoms with van der Waals surface area (Å²) in [7, 11) is 0. The molecule has 4 aliphatic rings. The topological polar surface area (TPSA) is 80.3 Å². The van der Waals surface area contributed by atoms with Crippen molar-refractivity contribution in [2.24, 2.45) is 16.9 Å². The average molecular weight is 509 g/mol. The molecule has 1 saturated carbocycles. The molecule has 1 aliphatic carbocycles. The molecule has 0 spiro atoms. The average Bonchev–Trinajstić information content (AvgIpc) is 3.35. The molecular weight excluding hydrogens is 464 g/mol. The maximum Gasteiger partial charge on any atom is 0.230 e. The largest absolute Gasteiger partial charge is 0.356 e. The minimum absolute atomic E-state index is 0.0254. The number of likely N-dealkylation sites (tertiary alicyclic amines) is 1. The predicted molar refractivity (Wildman–Crippen MR) is 146 cm³/mol. The SMILES string of the molecule is CC1CCN(CCCNC(=O)CCC2=NNC3N(CCc4ccccc4)C(=O)C4CCCCC4N23)CC1. The van der Waals surface area contributed by atoms with Crippen LogP contribution in [0, 0.1) is 11.8 Å². The van der Waals surface area contributed by atoms with Crippen molar-refractivity contribution >= 4 is 17.6 Å². The molecule has 0 radical (unpaired) electrons. The number of carbonyl (C=O) groups excluding carboxylic acids is 2. The number of hydrogen-bond donors (Lipinski definition) is 2. The Morgan fingerprint density at radius 3 is 2.65 bits per heavy atom. The second-order valence-corrected chi connectivity index (χ2v) is 11.4. The van der Waals surface area contributed by atoms with Crippen LogP contribution in [0.4, 0.5) is 0 Å². The van der Waals surface area contributed by atoms with Crippen molar-refractivity contribution in [3.63, 3.8) is 0 Å². The van der Waals surface area contributed by atoms with Gasteiger partial charge in [0.15, 0.2) is 6.29 Å². The van der Waals surface area contributed by atoms with E-state index in [1.165, 1.54) is 31.5 Å². The Bertz CT molecular complexity index is 945. The van der Waals surface area contributed by atoms with Crippen LogP contribution in [0.25, 0.3) is 0 Å². The fourth-order valence-corrected chi connectivity index (χ4v) is 6.49. The van der Waals surface area contributed by atoms with E-state index in [1.807, 2.05) is 23.1 Å². The molecule has 37 heavy (non-hydrogen) atoms. The van der Waals surface area contributed by atoms with Crippen molar-refractivity contribution in [1.82, 2.24) is 25.4 Å². The molecule has 2 N–H and O–H groups in total. The van der Waals surface area contributed by atoms with E-state index >= 15 is 0 Å². The van der Waals surface area contributed by atoms with Crippen molar-refractivity contribution < 1.29 is 9.59 Å². The fourth-order valence-electron chi connectivity index (χ4n) is 6.49. The molecule has 0 aromatic heterocycles. The minimum atomic E-state index is -0.235. The van der Waals surface area contributed by atoms with Gasteiger partial charge in [-0.05, 0) is 69.6 Å². The number of hydrogen-bond acceptors (Lipinski definition) is 6. The first kappa shape index (κ1) is 26.0. The predicted octanol–water partition coefficient (Wildman–Crippen LogP) is 3.15. The summed E-state index contributed by atoms with van der Waals surface area (Å²) in [6.45, 7) is 7.17. The molecule has 3 aliphatic heterocycles. The number of benzene rings is 1. The van der Waals surface area contributed by atoms with Crippen molar-refractivity contribution in [2.45, 2.75) is 83.5 Å². The van der Waals surface area contributed by atoms with Gasteiger partial charge in [0.25, 0.3) is 0 Å². The molecule has 3 unspecified atom stereocenters. The maximum absolute atomic E-state index is 13.5. The number of nitrogens with zero attached hydrogens (tertiary/aromatic N) is 4. The molecule has 3 fully saturated rings. The molecule has 202 valence electrons. The van der Waals surface area contributed by atoms with Crippen LogP contribution in [-0.4, -0.2) is 77.4 Å². The van der Waals surface area contributed by atoms with Crippen LogP contribution in [0.5, 0.6) is 0 Å². The van der Waals surface area contributed by atoms with Crippen LogP contribution >= 0.6 is 0 Å². The van der Waals surface area contributed by atoms with Gasteiger partial charge in [-0.2, -0.15) is 5.10 Å². The zero-order chi connectivity index (χ0) is 25.6. The Balaban J connectivity index is 1.12. The third kappa shape index (κ3) is 6.28. The molecule has 2 amide bonds. The summed E-state index contributed by atoms with van der Waals surface area (Å²) < 4.78 is 0. The second-order valence-electron chi connectivity index (χ2n) is 11.4. The van der Waals surface area contributed by atoms with Crippen LogP contribution in [0.2, 0.25) is 0 Å². The third-order valence-electron chi connectivity index (χ3n) is 8.76. The quantitative estimate of drug-likeness (QED) is 0.475. The molecule has 8 nitrogen and oxygen atoms in total. The summed E-state index contributed by atoms with van der Waals surface area (Å²) in [6.07, 6.45) is 9.41. The third-order valence-corrected chi connectivity index (χ3v) is 8.76. The molecule has 2 saturated heterocycles. The number of hydrazone groups is 1. The standard InChI is InChI=1S/C29H44N6O2/c1-22-14-19-33(20-15-22)18-7-17-30-27(36)13-12-26-31-32-29-34(21-16-23-8-3-2-4-9-23)28(37)24-10-5-6-11-25(24)35(26)29/h2-4,8-9,22,24-25,29,32H,5-7,10-21H2,1H3,(H,30,36). The van der Waals surface area contributed by atoms with E-state index < -0.39 is 0 Å². The second kappa shape index (κ2) is 12.3.